The van der Waals surface area contributed by atoms with E-state index in [1.165, 1.54) is 25.5 Å². The summed E-state index contributed by atoms with van der Waals surface area (Å²) in [5.74, 6) is -0.227. The first-order valence-corrected chi connectivity index (χ1v) is 6.62. The molecule has 0 aliphatic heterocycles. The zero-order valence-corrected chi connectivity index (χ0v) is 11.3. The van der Waals surface area contributed by atoms with Gasteiger partial charge >= 0.3 is 5.97 Å². The number of hydrogen-bond donors (Lipinski definition) is 1. The Morgan fingerprint density at radius 2 is 1.94 bits per heavy atom. The number of rotatable bonds is 4. The lowest BCUT2D eigenvalue weighted by molar-refractivity contribution is -0.140. The highest BCUT2D eigenvalue weighted by atomic mass is 35.5. The van der Waals surface area contributed by atoms with Crippen LogP contribution >= 0.6 is 11.6 Å². The maximum atomic E-state index is 11.3. The third-order valence-corrected chi connectivity index (χ3v) is 3.90. The summed E-state index contributed by atoms with van der Waals surface area (Å²) >= 11 is 5.92. The first-order chi connectivity index (χ1) is 8.66. The van der Waals surface area contributed by atoms with E-state index in [-0.39, 0.29) is 18.1 Å². The summed E-state index contributed by atoms with van der Waals surface area (Å²) in [6, 6.07) is 7.88. The number of carbonyl (C=O) groups excluding carboxylic acids is 1. The van der Waals surface area contributed by atoms with Gasteiger partial charge in [-0.25, -0.2) is 0 Å². The summed E-state index contributed by atoms with van der Waals surface area (Å²) < 4.78 is 4.69. The minimum absolute atomic E-state index is 0.0984. The first-order valence-electron chi connectivity index (χ1n) is 6.24. The molecule has 1 fully saturated rings. The molecule has 3 nitrogen and oxygen atoms in total. The van der Waals surface area contributed by atoms with E-state index in [1.54, 1.807) is 0 Å². The highest BCUT2D eigenvalue weighted by molar-refractivity contribution is 6.30. The predicted molar refractivity (Wildman–Crippen MR) is 71.6 cm³/mol. The molecule has 1 N–H and O–H groups in total. The van der Waals surface area contributed by atoms with Crippen molar-refractivity contribution < 1.29 is 9.53 Å². The van der Waals surface area contributed by atoms with Gasteiger partial charge in [-0.15, -0.1) is 0 Å². The lowest BCUT2D eigenvalue weighted by Crippen LogP contribution is -2.42. The van der Waals surface area contributed by atoms with Crippen molar-refractivity contribution in [3.8, 4) is 0 Å². The van der Waals surface area contributed by atoms with Crippen molar-refractivity contribution in [2.45, 2.75) is 31.2 Å². The SMILES string of the molecule is COC(=O)CNC1(c2ccc(Cl)cc2)CCCC1. The fraction of sp³-hybridized carbons (Fsp3) is 0.500. The molecule has 1 aromatic carbocycles. The number of benzene rings is 1. The van der Waals surface area contributed by atoms with Crippen LogP contribution in [0.25, 0.3) is 0 Å². The smallest absolute Gasteiger partial charge is 0.319 e. The molecule has 0 unspecified atom stereocenters. The summed E-state index contributed by atoms with van der Waals surface area (Å²) in [4.78, 5) is 11.3. The van der Waals surface area contributed by atoms with E-state index in [2.05, 4.69) is 10.1 Å². The Hall–Kier alpha value is -1.06. The number of esters is 1. The number of methoxy groups -OCH3 is 1. The minimum Gasteiger partial charge on any atom is -0.468 e. The summed E-state index contributed by atoms with van der Waals surface area (Å²) in [5, 5.41) is 4.10. The molecule has 0 radical (unpaired) electrons. The average molecular weight is 268 g/mol. The highest BCUT2D eigenvalue weighted by Crippen LogP contribution is 2.38. The normalized spacial score (nSPS) is 17.7. The Bertz CT molecular complexity index is 410. The van der Waals surface area contributed by atoms with E-state index in [9.17, 15) is 4.79 Å². The van der Waals surface area contributed by atoms with Gasteiger partial charge in [-0.3, -0.25) is 10.1 Å². The molecule has 4 heteroatoms. The molecule has 1 saturated carbocycles. The number of nitrogens with one attached hydrogen (secondary N) is 1. The number of carbonyl (C=O) groups is 1. The van der Waals surface area contributed by atoms with Crippen LogP contribution in [0.3, 0.4) is 0 Å². The van der Waals surface area contributed by atoms with E-state index < -0.39 is 0 Å². The van der Waals surface area contributed by atoms with Gasteiger partial charge in [0.25, 0.3) is 0 Å². The molecular formula is C14H18ClNO2. The van der Waals surface area contributed by atoms with Crippen LogP contribution in [0, 0.1) is 0 Å². The van der Waals surface area contributed by atoms with Gasteiger partial charge in [0.1, 0.15) is 0 Å². The summed E-state index contributed by atoms with van der Waals surface area (Å²) in [6.07, 6.45) is 4.45. The largest absolute Gasteiger partial charge is 0.468 e. The Balaban J connectivity index is 2.16. The second kappa shape index (κ2) is 5.72. The maximum Gasteiger partial charge on any atom is 0.319 e. The molecule has 98 valence electrons. The molecule has 0 heterocycles. The van der Waals surface area contributed by atoms with Crippen molar-refractivity contribution in [2.24, 2.45) is 0 Å². The van der Waals surface area contributed by atoms with Crippen molar-refractivity contribution in [3.63, 3.8) is 0 Å². The number of halogens is 1. The van der Waals surface area contributed by atoms with Crippen LogP contribution in [0.5, 0.6) is 0 Å². The molecule has 0 aromatic heterocycles. The van der Waals surface area contributed by atoms with Crippen LogP contribution in [0.15, 0.2) is 24.3 Å². The lowest BCUT2D eigenvalue weighted by atomic mass is 9.88. The molecule has 18 heavy (non-hydrogen) atoms. The first kappa shape index (κ1) is 13.4. The van der Waals surface area contributed by atoms with E-state index in [4.69, 9.17) is 11.6 Å². The molecule has 0 bridgehead atoms. The Morgan fingerprint density at radius 1 is 1.33 bits per heavy atom. The van der Waals surface area contributed by atoms with E-state index in [0.29, 0.717) is 0 Å². The molecular weight excluding hydrogens is 250 g/mol. The fourth-order valence-corrected chi connectivity index (χ4v) is 2.75. The minimum atomic E-state index is -0.227. The molecule has 0 spiro atoms. The van der Waals surface area contributed by atoms with Gasteiger partial charge in [-0.05, 0) is 30.5 Å². The Labute approximate surface area is 112 Å². The van der Waals surface area contributed by atoms with Crippen LogP contribution in [0.2, 0.25) is 5.02 Å². The molecule has 0 saturated heterocycles. The molecule has 1 aliphatic rings. The predicted octanol–water partition coefficient (Wildman–Crippen LogP) is 2.87. The van der Waals surface area contributed by atoms with Crippen molar-refractivity contribution in [3.05, 3.63) is 34.9 Å². The summed E-state index contributed by atoms with van der Waals surface area (Å²) in [5.41, 5.74) is 1.10. The van der Waals surface area contributed by atoms with Crippen LogP contribution in [-0.2, 0) is 15.1 Å². The standard InChI is InChI=1S/C14H18ClNO2/c1-18-13(17)10-16-14(8-2-3-9-14)11-4-6-12(15)7-5-11/h4-7,16H,2-3,8-10H2,1H3. The topological polar surface area (TPSA) is 38.3 Å². The monoisotopic (exact) mass is 267 g/mol. The van der Waals surface area contributed by atoms with Crippen LogP contribution in [0.1, 0.15) is 31.2 Å². The molecule has 2 rings (SSSR count). The van der Waals surface area contributed by atoms with E-state index in [1.807, 2.05) is 24.3 Å². The second-order valence-corrected chi connectivity index (χ2v) is 5.16. The third kappa shape index (κ3) is 2.85. The summed E-state index contributed by atoms with van der Waals surface area (Å²) in [6.45, 7) is 0.249. The van der Waals surface area contributed by atoms with E-state index >= 15 is 0 Å². The Morgan fingerprint density at radius 3 is 2.50 bits per heavy atom. The lowest BCUT2D eigenvalue weighted by Gasteiger charge is -2.30. The Kier molecular flexibility index (Phi) is 4.25. The average Bonchev–Trinajstić information content (AvgIpc) is 2.87. The number of ether oxygens (including phenoxy) is 1. The van der Waals surface area contributed by atoms with Crippen LogP contribution in [0.4, 0.5) is 0 Å². The van der Waals surface area contributed by atoms with Gasteiger partial charge in [0.05, 0.1) is 13.7 Å². The zero-order valence-electron chi connectivity index (χ0n) is 10.5. The van der Waals surface area contributed by atoms with Gasteiger partial charge in [-0.2, -0.15) is 0 Å². The van der Waals surface area contributed by atoms with Crippen molar-refractivity contribution in [1.82, 2.24) is 5.32 Å². The van der Waals surface area contributed by atoms with Gasteiger partial charge in [0.2, 0.25) is 0 Å². The molecule has 1 aromatic rings. The van der Waals surface area contributed by atoms with Crippen molar-refractivity contribution in [1.29, 1.82) is 0 Å². The molecule has 0 atom stereocenters. The molecule has 0 amide bonds. The quantitative estimate of drug-likeness (QED) is 0.853. The van der Waals surface area contributed by atoms with E-state index in [0.717, 1.165) is 17.9 Å². The highest BCUT2D eigenvalue weighted by Gasteiger charge is 2.35. The van der Waals surface area contributed by atoms with Crippen LogP contribution in [-0.4, -0.2) is 19.6 Å². The van der Waals surface area contributed by atoms with Gasteiger partial charge in [0.15, 0.2) is 0 Å². The van der Waals surface area contributed by atoms with Crippen molar-refractivity contribution in [2.75, 3.05) is 13.7 Å². The van der Waals surface area contributed by atoms with Gasteiger partial charge in [0, 0.05) is 10.6 Å². The second-order valence-electron chi connectivity index (χ2n) is 4.73. The third-order valence-electron chi connectivity index (χ3n) is 3.65. The maximum absolute atomic E-state index is 11.3. The number of hydrogen-bond acceptors (Lipinski definition) is 3. The van der Waals surface area contributed by atoms with Gasteiger partial charge < -0.3 is 4.74 Å². The zero-order chi connectivity index (χ0) is 13.0. The fourth-order valence-electron chi connectivity index (χ4n) is 2.63. The van der Waals surface area contributed by atoms with Crippen molar-refractivity contribution >= 4 is 17.6 Å². The van der Waals surface area contributed by atoms with Crippen LogP contribution < -0.4 is 5.32 Å². The van der Waals surface area contributed by atoms with Gasteiger partial charge in [-0.1, -0.05) is 36.6 Å². The summed E-state index contributed by atoms with van der Waals surface area (Å²) in [7, 11) is 1.41. The molecule has 1 aliphatic carbocycles.